The minimum Gasteiger partial charge on any atom is -0.494 e. The number of hydrogen-bond donors (Lipinski definition) is 3. The average molecular weight is 425 g/mol. The van der Waals surface area contributed by atoms with Gasteiger partial charge in [-0.05, 0) is 45.0 Å². The molecule has 0 aliphatic heterocycles. The van der Waals surface area contributed by atoms with Crippen molar-refractivity contribution in [3.05, 3.63) is 46.7 Å². The Hall–Kier alpha value is -2.44. The van der Waals surface area contributed by atoms with Gasteiger partial charge in [-0.1, -0.05) is 23.2 Å². The van der Waals surface area contributed by atoms with Gasteiger partial charge in [0.1, 0.15) is 5.82 Å². The normalized spacial score (nSPS) is 11.8. The van der Waals surface area contributed by atoms with E-state index < -0.39 is 17.1 Å². The Labute approximate surface area is 171 Å². The molecule has 148 valence electrons. The maximum atomic E-state index is 14.7. The molecule has 8 heteroatoms. The van der Waals surface area contributed by atoms with Crippen LogP contribution in [0, 0.1) is 18.2 Å². The van der Waals surface area contributed by atoms with Crippen LogP contribution >= 0.6 is 23.2 Å². The van der Waals surface area contributed by atoms with Crippen molar-refractivity contribution in [1.82, 2.24) is 4.57 Å². The van der Waals surface area contributed by atoms with Gasteiger partial charge in [-0.2, -0.15) is 0 Å². The number of anilines is 1. The lowest BCUT2D eigenvalue weighted by Gasteiger charge is -2.21. The molecule has 0 spiro atoms. The second-order valence-electron chi connectivity index (χ2n) is 7.29. The number of nitrogens with one attached hydrogen (secondary N) is 1. The number of carbonyl (C=O) groups excluding carboxylic acids is 1. The number of amides is 1. The molecule has 0 fully saturated rings. The van der Waals surface area contributed by atoms with Crippen molar-refractivity contribution >= 4 is 45.6 Å². The summed E-state index contributed by atoms with van der Waals surface area (Å²) in [6.45, 7) is 5.15. The highest BCUT2D eigenvalue weighted by molar-refractivity contribution is 6.34. The van der Waals surface area contributed by atoms with Crippen molar-refractivity contribution in [2.75, 3.05) is 11.2 Å². The Bertz CT molecular complexity index is 1090. The highest BCUT2D eigenvalue weighted by Gasteiger charge is 2.28. The van der Waals surface area contributed by atoms with Crippen LogP contribution < -0.4 is 5.32 Å². The van der Waals surface area contributed by atoms with Crippen LogP contribution in [-0.4, -0.2) is 26.6 Å². The monoisotopic (exact) mass is 424 g/mol. The predicted octanol–water partition coefficient (Wildman–Crippen LogP) is 5.35. The van der Waals surface area contributed by atoms with Crippen molar-refractivity contribution in [3.8, 4) is 17.4 Å². The van der Waals surface area contributed by atoms with Crippen LogP contribution in [0.5, 0.6) is 11.8 Å². The third-order valence-electron chi connectivity index (χ3n) is 4.55. The van der Waals surface area contributed by atoms with E-state index in [4.69, 9.17) is 23.2 Å². The van der Waals surface area contributed by atoms with Gasteiger partial charge in [-0.25, -0.2) is 8.96 Å². The molecule has 0 aliphatic carbocycles. The van der Waals surface area contributed by atoms with Gasteiger partial charge in [0.25, 0.3) is 0 Å². The van der Waals surface area contributed by atoms with E-state index in [1.165, 1.54) is 6.07 Å². The summed E-state index contributed by atoms with van der Waals surface area (Å²) in [5.41, 5.74) is -0.0300. The Morgan fingerprint density at radius 1 is 1.18 bits per heavy atom. The van der Waals surface area contributed by atoms with Gasteiger partial charge in [0, 0.05) is 16.7 Å². The third kappa shape index (κ3) is 3.38. The number of hydrogen-bond acceptors (Lipinski definition) is 3. The van der Waals surface area contributed by atoms with Gasteiger partial charge in [0.05, 0.1) is 21.8 Å². The van der Waals surface area contributed by atoms with Crippen LogP contribution in [0.3, 0.4) is 0 Å². The van der Waals surface area contributed by atoms with Crippen LogP contribution in [0.4, 0.5) is 10.1 Å². The first kappa shape index (κ1) is 20.3. The fourth-order valence-corrected chi connectivity index (χ4v) is 3.08. The van der Waals surface area contributed by atoms with E-state index in [9.17, 15) is 19.4 Å². The number of alkyl halides is 1. The fraction of sp³-hybridized carbons (Fsp3) is 0.250. The zero-order valence-electron chi connectivity index (χ0n) is 15.5. The van der Waals surface area contributed by atoms with E-state index in [2.05, 4.69) is 5.32 Å². The van der Waals surface area contributed by atoms with E-state index in [0.29, 0.717) is 10.8 Å². The smallest absolute Gasteiger partial charge is 0.231 e. The number of aromatic hydroxyl groups is 2. The number of nitrogens with zero attached hydrogens (tertiary/aromatic N) is 1. The molecule has 5 nitrogen and oxygen atoms in total. The molecule has 0 unspecified atom stereocenters. The Kier molecular flexibility index (Phi) is 5.21. The van der Waals surface area contributed by atoms with Gasteiger partial charge in [0.15, 0.2) is 0 Å². The summed E-state index contributed by atoms with van der Waals surface area (Å²) < 4.78 is 15.6. The molecule has 0 aliphatic rings. The summed E-state index contributed by atoms with van der Waals surface area (Å²) in [7, 11) is 0. The number of benzene rings is 2. The third-order valence-corrected chi connectivity index (χ3v) is 5.54. The molecule has 28 heavy (non-hydrogen) atoms. The van der Waals surface area contributed by atoms with Crippen molar-refractivity contribution in [2.24, 2.45) is 5.41 Å². The maximum absolute atomic E-state index is 14.7. The molecule has 0 saturated carbocycles. The second kappa shape index (κ2) is 7.18. The zero-order valence-corrected chi connectivity index (χ0v) is 17.0. The highest BCUT2D eigenvalue weighted by atomic mass is 35.5. The number of aromatic nitrogens is 1. The molecule has 1 amide bonds. The van der Waals surface area contributed by atoms with Gasteiger partial charge in [0.2, 0.25) is 17.7 Å². The van der Waals surface area contributed by atoms with Gasteiger partial charge < -0.3 is 15.5 Å². The van der Waals surface area contributed by atoms with Gasteiger partial charge >= 0.3 is 0 Å². The summed E-state index contributed by atoms with van der Waals surface area (Å²) in [6.07, 6.45) is 0. The Morgan fingerprint density at radius 2 is 1.82 bits per heavy atom. The molecule has 0 bridgehead atoms. The summed E-state index contributed by atoms with van der Waals surface area (Å²) in [4.78, 5) is 12.4. The molecule has 2 aromatic carbocycles. The topological polar surface area (TPSA) is 74.5 Å². The lowest BCUT2D eigenvalue weighted by Crippen LogP contribution is -2.32. The Balaban J connectivity index is 2.16. The van der Waals surface area contributed by atoms with Crippen LogP contribution in [-0.2, 0) is 4.79 Å². The lowest BCUT2D eigenvalue weighted by molar-refractivity contribution is -0.122. The molecule has 0 atom stereocenters. The average Bonchev–Trinajstić information content (AvgIpc) is 2.87. The number of aryl methyl sites for hydroxylation is 1. The lowest BCUT2D eigenvalue weighted by atomic mass is 9.95. The molecule has 3 aromatic rings. The van der Waals surface area contributed by atoms with Crippen LogP contribution in [0.25, 0.3) is 16.5 Å². The highest BCUT2D eigenvalue weighted by Crippen LogP contribution is 2.41. The van der Waals surface area contributed by atoms with E-state index in [0.717, 1.165) is 16.2 Å². The summed E-state index contributed by atoms with van der Waals surface area (Å²) >= 11 is 11.9. The largest absolute Gasteiger partial charge is 0.494 e. The van der Waals surface area contributed by atoms with Gasteiger partial charge in [-0.15, -0.1) is 11.6 Å². The van der Waals surface area contributed by atoms with E-state index in [-0.39, 0.29) is 34.0 Å². The quantitative estimate of drug-likeness (QED) is 0.494. The van der Waals surface area contributed by atoms with E-state index in [1.54, 1.807) is 32.0 Å². The first-order valence-corrected chi connectivity index (χ1v) is 9.38. The molecule has 0 radical (unpaired) electrons. The summed E-state index contributed by atoms with van der Waals surface area (Å²) in [5.74, 6) is -1.75. The van der Waals surface area contributed by atoms with Crippen LogP contribution in [0.15, 0.2) is 30.3 Å². The standard InChI is InChI=1S/C20H19Cl2FN2O3/c1-10-4-5-11-12(6-10)18(27)25(17(11)26)16-8-15(13(22)7-14(16)23)24-19(28)20(2,3)9-21/h4-8,26-27H,9H2,1-3H3,(H,24,28). The predicted molar refractivity (Wildman–Crippen MR) is 109 cm³/mol. The number of rotatable bonds is 4. The molecule has 0 saturated heterocycles. The van der Waals surface area contributed by atoms with E-state index in [1.807, 2.05) is 6.92 Å². The number of carbonyl (C=O) groups is 1. The molecule has 3 N–H and O–H groups in total. The van der Waals surface area contributed by atoms with Crippen LogP contribution in [0.2, 0.25) is 5.02 Å². The van der Waals surface area contributed by atoms with Gasteiger partial charge in [-0.3, -0.25) is 4.79 Å². The molecular weight excluding hydrogens is 406 g/mol. The maximum Gasteiger partial charge on any atom is 0.231 e. The minimum atomic E-state index is -0.872. The molecular formula is C20H19Cl2FN2O3. The summed E-state index contributed by atoms with van der Waals surface area (Å²) in [5, 5.41) is 24.5. The minimum absolute atomic E-state index is 0.0218. The SMILES string of the molecule is Cc1ccc2c(O)n(-c3cc(NC(=O)C(C)(C)CCl)c(Cl)cc3F)c(O)c2c1. The number of fused-ring (bicyclic) bond motifs is 1. The molecule has 1 heterocycles. The van der Waals surface area contributed by atoms with E-state index >= 15 is 0 Å². The second-order valence-corrected chi connectivity index (χ2v) is 7.96. The van der Waals surface area contributed by atoms with Crippen LogP contribution in [0.1, 0.15) is 19.4 Å². The zero-order chi connectivity index (χ0) is 20.8. The first-order chi connectivity index (χ1) is 13.1. The van der Waals surface area contributed by atoms with Crippen molar-refractivity contribution in [3.63, 3.8) is 0 Å². The number of halogens is 3. The fourth-order valence-electron chi connectivity index (χ4n) is 2.76. The van der Waals surface area contributed by atoms with Crippen molar-refractivity contribution in [1.29, 1.82) is 0 Å². The first-order valence-electron chi connectivity index (χ1n) is 8.46. The summed E-state index contributed by atoms with van der Waals surface area (Å²) in [6, 6.07) is 7.35. The molecule has 3 rings (SSSR count). The Morgan fingerprint density at radius 3 is 2.46 bits per heavy atom. The molecule has 1 aromatic heterocycles. The van der Waals surface area contributed by atoms with Crippen molar-refractivity contribution < 1.29 is 19.4 Å². The van der Waals surface area contributed by atoms with Crippen molar-refractivity contribution in [2.45, 2.75) is 20.8 Å².